The molecule has 1 unspecified atom stereocenters. The third-order valence-electron chi connectivity index (χ3n) is 4.86. The highest BCUT2D eigenvalue weighted by molar-refractivity contribution is 7.87. The lowest BCUT2D eigenvalue weighted by Gasteiger charge is -2.32. The molecule has 0 amide bonds. The van der Waals surface area contributed by atoms with Crippen molar-refractivity contribution in [2.24, 2.45) is 5.92 Å². The summed E-state index contributed by atoms with van der Waals surface area (Å²) in [5.41, 5.74) is 0.162. The van der Waals surface area contributed by atoms with E-state index >= 15 is 0 Å². The molecule has 2 saturated heterocycles. The van der Waals surface area contributed by atoms with Gasteiger partial charge in [0.05, 0.1) is 6.10 Å². The minimum absolute atomic E-state index is 0.162. The molecule has 0 aliphatic carbocycles. The molecule has 8 nitrogen and oxygen atoms in total. The highest BCUT2D eigenvalue weighted by Gasteiger charge is 2.32. The predicted molar refractivity (Wildman–Crippen MR) is 96.7 cm³/mol. The summed E-state index contributed by atoms with van der Waals surface area (Å²) in [6.07, 6.45) is 2.81. The first-order valence-corrected chi connectivity index (χ1v) is 10.2. The molecule has 0 aromatic carbocycles. The lowest BCUT2D eigenvalue weighted by molar-refractivity contribution is -0.122. The van der Waals surface area contributed by atoms with Crippen LogP contribution in [0.15, 0.2) is 0 Å². The molecule has 1 atom stereocenters. The molecule has 0 aromatic heterocycles. The van der Waals surface area contributed by atoms with Crippen molar-refractivity contribution in [3.05, 3.63) is 0 Å². The molecule has 2 aliphatic heterocycles. The monoisotopic (exact) mass is 379 g/mol. The molecule has 0 spiro atoms. The normalized spacial score (nSPS) is 23.9. The minimum atomic E-state index is -3.35. The van der Waals surface area contributed by atoms with Gasteiger partial charge in [0.15, 0.2) is 0 Å². The van der Waals surface area contributed by atoms with Crippen LogP contribution in [0, 0.1) is 5.92 Å². The molecule has 2 N–H and O–H groups in total. The van der Waals surface area contributed by atoms with Crippen molar-refractivity contribution in [3.63, 3.8) is 0 Å². The van der Waals surface area contributed by atoms with Gasteiger partial charge in [-0.15, -0.1) is 0 Å². The fourth-order valence-corrected chi connectivity index (χ4v) is 4.55. The molecular weight excluding hydrogens is 346 g/mol. The first kappa shape index (κ1) is 22.3. The Kier molecular flexibility index (Phi) is 8.76. The van der Waals surface area contributed by atoms with E-state index in [1.54, 1.807) is 11.4 Å². The lowest BCUT2D eigenvalue weighted by Crippen LogP contribution is -2.47. The van der Waals surface area contributed by atoms with Gasteiger partial charge < -0.3 is 9.84 Å². The summed E-state index contributed by atoms with van der Waals surface area (Å²) >= 11 is 0. The number of likely N-dealkylation sites (tertiary alicyclic amines) is 1. The molecule has 2 rings (SSSR count). The van der Waals surface area contributed by atoms with E-state index in [0.717, 1.165) is 32.4 Å². The summed E-state index contributed by atoms with van der Waals surface area (Å²) in [7, 11) is -1.66. The van der Waals surface area contributed by atoms with E-state index in [0.29, 0.717) is 25.6 Å². The summed E-state index contributed by atoms with van der Waals surface area (Å²) in [4.78, 5) is 10.8. The number of nitrogens with one attached hydrogen (secondary N) is 1. The van der Waals surface area contributed by atoms with Crippen LogP contribution in [0.4, 0.5) is 0 Å². The summed E-state index contributed by atoms with van der Waals surface area (Å²) in [5, 5.41) is 6.89. The second-order valence-corrected chi connectivity index (χ2v) is 9.32. The van der Waals surface area contributed by atoms with Crippen molar-refractivity contribution in [2.45, 2.75) is 51.7 Å². The van der Waals surface area contributed by atoms with Crippen molar-refractivity contribution in [1.82, 2.24) is 13.9 Å². The maximum atomic E-state index is 12.4. The third-order valence-corrected chi connectivity index (χ3v) is 6.44. The predicted octanol–water partition coefficient (Wildman–Crippen LogP) is 0.753. The molecule has 9 heteroatoms. The second-order valence-electron chi connectivity index (χ2n) is 7.56. The van der Waals surface area contributed by atoms with Crippen molar-refractivity contribution in [3.8, 4) is 0 Å². The van der Waals surface area contributed by atoms with Gasteiger partial charge in [-0.2, -0.15) is 12.7 Å². The second kappa shape index (κ2) is 9.82. The molecule has 0 aromatic rings. The van der Waals surface area contributed by atoms with Crippen LogP contribution in [0.2, 0.25) is 0 Å². The zero-order valence-electron chi connectivity index (χ0n) is 15.8. The van der Waals surface area contributed by atoms with E-state index < -0.39 is 10.2 Å². The van der Waals surface area contributed by atoms with Gasteiger partial charge >= 0.3 is 0 Å². The zero-order chi connectivity index (χ0) is 19.1. The topological polar surface area (TPSA) is 99.2 Å². The fraction of sp³-hybridized carbons (Fsp3) is 0.938. The Balaban J connectivity index is 0.000000970. The van der Waals surface area contributed by atoms with E-state index in [1.807, 2.05) is 0 Å². The molecule has 0 bridgehead atoms. The van der Waals surface area contributed by atoms with E-state index in [4.69, 9.17) is 14.6 Å². The summed E-state index contributed by atoms with van der Waals surface area (Å²) in [5.74, 6) is 0.408. The Hall–Kier alpha value is -0.740. The first-order chi connectivity index (χ1) is 11.6. The molecule has 2 fully saturated rings. The number of piperidine rings is 1. The van der Waals surface area contributed by atoms with Gasteiger partial charge in [-0.3, -0.25) is 9.69 Å². The number of hydrogen-bond acceptors (Lipinski definition) is 5. The highest BCUT2D eigenvalue weighted by atomic mass is 32.2. The van der Waals surface area contributed by atoms with E-state index in [9.17, 15) is 8.42 Å². The van der Waals surface area contributed by atoms with Crippen LogP contribution in [-0.2, 0) is 19.7 Å². The zero-order valence-corrected chi connectivity index (χ0v) is 16.6. The van der Waals surface area contributed by atoms with E-state index in [-0.39, 0.29) is 18.1 Å². The van der Waals surface area contributed by atoms with Crippen LogP contribution in [0.25, 0.3) is 0 Å². The summed E-state index contributed by atoms with van der Waals surface area (Å²) in [6.45, 7) is 10.0. The number of carbonyl (C=O) groups is 1. The smallest absolute Gasteiger partial charge is 0.290 e. The Morgan fingerprint density at radius 3 is 2.20 bits per heavy atom. The number of nitrogens with zero attached hydrogens (tertiary/aromatic N) is 2. The Morgan fingerprint density at radius 1 is 1.20 bits per heavy atom. The number of rotatable bonds is 5. The van der Waals surface area contributed by atoms with Gasteiger partial charge in [-0.05, 0) is 52.5 Å². The van der Waals surface area contributed by atoms with Gasteiger partial charge in [-0.1, -0.05) is 0 Å². The summed E-state index contributed by atoms with van der Waals surface area (Å²) < 4.78 is 34.4. The summed E-state index contributed by atoms with van der Waals surface area (Å²) in [6, 6.07) is 0. The third kappa shape index (κ3) is 7.18. The van der Waals surface area contributed by atoms with Gasteiger partial charge in [-0.25, -0.2) is 4.72 Å². The van der Waals surface area contributed by atoms with Crippen LogP contribution in [0.3, 0.4) is 0 Å². The quantitative estimate of drug-likeness (QED) is 0.684. The standard InChI is InChI=1S/C15H31N3O3S.CH2O2/c1-15(2,3)17-8-5-13(12-17)11-16-22(19,20)18-9-6-14(21-4)7-10-18;2-1-3/h13-14,16H,5-12H2,1-4H3;1H,(H,2,3). The molecule has 2 aliphatic rings. The van der Waals surface area contributed by atoms with Crippen LogP contribution in [0.1, 0.15) is 40.0 Å². The lowest BCUT2D eigenvalue weighted by atomic mass is 10.1. The fourth-order valence-electron chi connectivity index (χ4n) is 3.23. The van der Waals surface area contributed by atoms with E-state index in [2.05, 4.69) is 30.4 Å². The SMILES string of the molecule is COC1CCN(S(=O)(=O)NCC2CCN(C(C)(C)C)C2)CC1.O=CO. The van der Waals surface area contributed by atoms with E-state index in [1.165, 1.54) is 0 Å². The number of carboxylic acid groups (broad SMARTS) is 1. The molecule has 2 heterocycles. The van der Waals surface area contributed by atoms with Gasteiger partial charge in [0.2, 0.25) is 0 Å². The van der Waals surface area contributed by atoms with Crippen molar-refractivity contribution >= 4 is 16.7 Å². The van der Waals surface area contributed by atoms with Crippen LogP contribution in [-0.4, -0.2) is 80.7 Å². The van der Waals surface area contributed by atoms with Crippen LogP contribution < -0.4 is 4.72 Å². The Morgan fingerprint density at radius 2 is 1.76 bits per heavy atom. The maximum Gasteiger partial charge on any atom is 0.290 e. The number of hydrogen-bond donors (Lipinski definition) is 2. The van der Waals surface area contributed by atoms with Gasteiger partial charge in [0.25, 0.3) is 16.7 Å². The van der Waals surface area contributed by atoms with Crippen molar-refractivity contribution in [1.29, 1.82) is 0 Å². The number of ether oxygens (including phenoxy) is 1. The molecule has 0 radical (unpaired) electrons. The van der Waals surface area contributed by atoms with Crippen LogP contribution >= 0.6 is 0 Å². The van der Waals surface area contributed by atoms with Gasteiger partial charge in [0.1, 0.15) is 0 Å². The average Bonchev–Trinajstić information content (AvgIpc) is 3.03. The average molecular weight is 380 g/mol. The highest BCUT2D eigenvalue weighted by Crippen LogP contribution is 2.24. The maximum absolute atomic E-state index is 12.4. The molecule has 0 saturated carbocycles. The number of methoxy groups -OCH3 is 1. The molecule has 148 valence electrons. The van der Waals surface area contributed by atoms with Crippen molar-refractivity contribution < 1.29 is 23.1 Å². The molecular formula is C16H33N3O5S. The van der Waals surface area contributed by atoms with Crippen LogP contribution in [0.5, 0.6) is 0 Å². The van der Waals surface area contributed by atoms with Crippen molar-refractivity contribution in [2.75, 3.05) is 39.8 Å². The van der Waals surface area contributed by atoms with Gasteiger partial charge in [0, 0.05) is 38.8 Å². The minimum Gasteiger partial charge on any atom is -0.483 e. The Labute approximate surface area is 151 Å². The largest absolute Gasteiger partial charge is 0.483 e. The Bertz CT molecular complexity index is 498. The first-order valence-electron chi connectivity index (χ1n) is 8.74. The molecule has 25 heavy (non-hydrogen) atoms.